The number of halogens is 1. The number of amides is 2. The van der Waals surface area contributed by atoms with E-state index in [0.717, 1.165) is 45.1 Å². The van der Waals surface area contributed by atoms with Crippen LogP contribution in [0.25, 0.3) is 11.4 Å². The van der Waals surface area contributed by atoms with Gasteiger partial charge in [0.05, 0.1) is 37.5 Å². The van der Waals surface area contributed by atoms with Gasteiger partial charge >= 0.3 is 6.03 Å². The topological polar surface area (TPSA) is 143 Å². The Morgan fingerprint density at radius 2 is 1.77 bits per heavy atom. The summed E-state index contributed by atoms with van der Waals surface area (Å²) in [7, 11) is 0. The molecule has 4 aliphatic rings. The van der Waals surface area contributed by atoms with Gasteiger partial charge in [0.15, 0.2) is 12.0 Å². The molecule has 14 heteroatoms. The summed E-state index contributed by atoms with van der Waals surface area (Å²) in [4.78, 5) is 33.8. The molecule has 4 saturated heterocycles. The lowest BCUT2D eigenvalue weighted by atomic mass is 10.1. The number of urea groups is 1. The first kappa shape index (κ1) is 31.0. The van der Waals surface area contributed by atoms with Crippen LogP contribution in [0.15, 0.2) is 48.8 Å². The normalized spacial score (nSPS) is 23.7. The molecule has 2 aromatic carbocycles. The molecule has 0 bridgehead atoms. The molecule has 0 unspecified atom stereocenters. The summed E-state index contributed by atoms with van der Waals surface area (Å²) in [5, 5.41) is 22.9. The van der Waals surface area contributed by atoms with Crippen molar-refractivity contribution in [3.8, 4) is 23.2 Å². The van der Waals surface area contributed by atoms with E-state index in [1.54, 1.807) is 23.1 Å². The van der Waals surface area contributed by atoms with E-state index in [2.05, 4.69) is 48.3 Å². The first-order valence-electron chi connectivity index (χ1n) is 16.1. The van der Waals surface area contributed by atoms with Gasteiger partial charge in [-0.25, -0.2) is 19.2 Å². The van der Waals surface area contributed by atoms with Crippen LogP contribution in [-0.2, 0) is 4.74 Å². The van der Waals surface area contributed by atoms with E-state index in [1.807, 2.05) is 12.1 Å². The maximum atomic E-state index is 15.2. The molecule has 0 saturated carbocycles. The fourth-order valence-corrected chi connectivity index (χ4v) is 6.49. The molecule has 5 heterocycles. The highest BCUT2D eigenvalue weighted by Gasteiger charge is 2.37. The number of ether oxygens (including phenoxy) is 2. The monoisotopic (exact) mass is 643 g/mol. The van der Waals surface area contributed by atoms with E-state index in [9.17, 15) is 15.2 Å². The van der Waals surface area contributed by atoms with Crippen molar-refractivity contribution in [2.24, 2.45) is 0 Å². The van der Waals surface area contributed by atoms with Crippen molar-refractivity contribution >= 4 is 23.4 Å². The molecule has 7 rings (SSSR count). The lowest BCUT2D eigenvalue weighted by molar-refractivity contribution is -0.0660. The number of piperidine rings is 1. The molecular formula is C33H38FN9O4. The molecule has 47 heavy (non-hydrogen) atoms. The summed E-state index contributed by atoms with van der Waals surface area (Å²) >= 11 is 0. The maximum absolute atomic E-state index is 15.2. The summed E-state index contributed by atoms with van der Waals surface area (Å²) in [6, 6.07) is 15.6. The van der Waals surface area contributed by atoms with Crippen molar-refractivity contribution in [1.29, 1.82) is 5.26 Å². The van der Waals surface area contributed by atoms with E-state index >= 15 is 4.39 Å². The van der Waals surface area contributed by atoms with Gasteiger partial charge in [0, 0.05) is 69.2 Å². The van der Waals surface area contributed by atoms with E-state index < -0.39 is 18.4 Å². The van der Waals surface area contributed by atoms with Crippen molar-refractivity contribution in [3.05, 3.63) is 54.4 Å². The minimum atomic E-state index is -1.42. The molecule has 0 radical (unpaired) electrons. The van der Waals surface area contributed by atoms with Crippen LogP contribution in [0, 0.1) is 11.3 Å². The Morgan fingerprint density at radius 1 is 1.00 bits per heavy atom. The van der Waals surface area contributed by atoms with E-state index in [4.69, 9.17) is 9.47 Å². The third-order valence-electron chi connectivity index (χ3n) is 9.33. The molecule has 0 spiro atoms. The molecule has 3 aromatic rings. The van der Waals surface area contributed by atoms with Gasteiger partial charge in [-0.15, -0.1) is 0 Å². The van der Waals surface area contributed by atoms with Crippen LogP contribution in [-0.4, -0.2) is 131 Å². The number of piperazine rings is 1. The predicted molar refractivity (Wildman–Crippen MR) is 171 cm³/mol. The Bertz CT molecular complexity index is 1610. The minimum Gasteiger partial charge on any atom is -0.486 e. The van der Waals surface area contributed by atoms with E-state index in [0.29, 0.717) is 42.9 Å². The molecule has 0 aliphatic carbocycles. The third-order valence-corrected chi connectivity index (χ3v) is 9.33. The summed E-state index contributed by atoms with van der Waals surface area (Å²) in [5.41, 5.74) is 2.83. The molecule has 4 aliphatic heterocycles. The molecule has 4 fully saturated rings. The molecule has 1 aromatic heterocycles. The fraction of sp³-hybridized carbons (Fsp3) is 0.485. The van der Waals surface area contributed by atoms with Crippen molar-refractivity contribution < 1.29 is 23.8 Å². The number of aliphatic hydroxyl groups excluding tert-OH is 1. The average molecular weight is 644 g/mol. The largest absolute Gasteiger partial charge is 0.486 e. The summed E-state index contributed by atoms with van der Waals surface area (Å²) in [6.07, 6.45) is -0.525. The molecule has 2 amide bonds. The smallest absolute Gasteiger partial charge is 0.320 e. The lowest BCUT2D eigenvalue weighted by Gasteiger charge is -2.43. The number of benzene rings is 2. The van der Waals surface area contributed by atoms with Crippen LogP contribution in [0.1, 0.15) is 18.4 Å². The lowest BCUT2D eigenvalue weighted by Crippen LogP contribution is -2.56. The number of aliphatic hydroxyl groups is 1. The van der Waals surface area contributed by atoms with Gasteiger partial charge in [-0.1, -0.05) is 0 Å². The zero-order valence-corrected chi connectivity index (χ0v) is 26.0. The number of likely N-dealkylation sites (tertiary alicyclic amines) is 2. The summed E-state index contributed by atoms with van der Waals surface area (Å²) < 4.78 is 26.5. The maximum Gasteiger partial charge on any atom is 0.320 e. The number of nitriles is 1. The van der Waals surface area contributed by atoms with E-state index in [1.165, 1.54) is 16.9 Å². The highest BCUT2D eigenvalue weighted by molar-refractivity contribution is 5.75. The van der Waals surface area contributed by atoms with Crippen molar-refractivity contribution in [1.82, 2.24) is 29.7 Å². The van der Waals surface area contributed by atoms with Crippen LogP contribution < -0.4 is 15.0 Å². The number of carbonyl (C=O) groups excluding carboxylic acids is 1. The molecular weight excluding hydrogens is 605 g/mol. The standard InChI is InChI=1S/C33H38FN9O4/c34-28-18-43(33(45)42-9-7-27(44)17-42)10-8-30(28)47-29-6-1-22(15-23(29)16-35)31-36-21-37-32(39-31)38-24-2-4-25(5-3-24)40-11-13-41(14-12-40)26-19-46-20-26/h1-6,15,21,26-28,30,44H,7-14,17-20H2,(H,36,37,38,39)/t27-,28+,30+/m1/s1. The van der Waals surface area contributed by atoms with Crippen LogP contribution in [0.2, 0.25) is 0 Å². The van der Waals surface area contributed by atoms with Gasteiger partial charge in [-0.2, -0.15) is 10.2 Å². The van der Waals surface area contributed by atoms with Crippen LogP contribution >= 0.6 is 0 Å². The third kappa shape index (κ3) is 6.92. The second kappa shape index (κ2) is 13.6. The van der Waals surface area contributed by atoms with Gasteiger partial charge < -0.3 is 34.6 Å². The number of carbonyl (C=O) groups is 1. The van der Waals surface area contributed by atoms with Crippen molar-refractivity contribution in [2.45, 2.75) is 37.3 Å². The first-order valence-corrected chi connectivity index (χ1v) is 16.1. The number of aromatic nitrogens is 3. The fourth-order valence-electron chi connectivity index (χ4n) is 6.49. The number of nitrogens with zero attached hydrogens (tertiary/aromatic N) is 8. The highest BCUT2D eigenvalue weighted by Crippen LogP contribution is 2.29. The number of rotatable bonds is 7. The zero-order valence-electron chi connectivity index (χ0n) is 26.0. The van der Waals surface area contributed by atoms with Gasteiger partial charge in [0.25, 0.3) is 0 Å². The van der Waals surface area contributed by atoms with Gasteiger partial charge in [0.1, 0.15) is 24.3 Å². The number of β-amino-alcohol motifs (C(OH)–C–C–N with tert-alkyl or cyclic N) is 1. The summed E-state index contributed by atoms with van der Waals surface area (Å²) in [6.45, 7) is 6.67. The molecule has 246 valence electrons. The summed E-state index contributed by atoms with van der Waals surface area (Å²) in [5.74, 6) is 0.999. The number of alkyl halides is 1. The number of anilines is 3. The molecule has 13 nitrogen and oxygen atoms in total. The van der Waals surface area contributed by atoms with E-state index in [-0.39, 0.29) is 36.9 Å². The molecule has 3 atom stereocenters. The second-order valence-corrected chi connectivity index (χ2v) is 12.4. The van der Waals surface area contributed by atoms with Crippen molar-refractivity contribution in [2.75, 3.05) is 75.8 Å². The van der Waals surface area contributed by atoms with Crippen molar-refractivity contribution in [3.63, 3.8) is 0 Å². The van der Waals surface area contributed by atoms with Crippen LogP contribution in [0.4, 0.5) is 26.5 Å². The van der Waals surface area contributed by atoms with Crippen LogP contribution in [0.5, 0.6) is 5.75 Å². The Hall–Kier alpha value is -4.58. The Kier molecular flexibility index (Phi) is 9.01. The second-order valence-electron chi connectivity index (χ2n) is 12.4. The van der Waals surface area contributed by atoms with Gasteiger partial charge in [-0.3, -0.25) is 4.90 Å². The zero-order chi connectivity index (χ0) is 32.3. The number of nitrogens with one attached hydrogen (secondary N) is 1. The Balaban J connectivity index is 0.955. The Labute approximate surface area is 272 Å². The minimum absolute atomic E-state index is 0.104. The average Bonchev–Trinajstić information content (AvgIpc) is 3.51. The predicted octanol–water partition coefficient (Wildman–Crippen LogP) is 2.65. The first-order chi connectivity index (χ1) is 22.9. The number of hydrogen-bond donors (Lipinski definition) is 2. The Morgan fingerprint density at radius 3 is 2.45 bits per heavy atom. The molecule has 2 N–H and O–H groups in total. The highest BCUT2D eigenvalue weighted by atomic mass is 19.1. The number of hydrogen-bond acceptors (Lipinski definition) is 11. The SMILES string of the molecule is N#Cc1cc(-c2ncnc(Nc3ccc(N4CCN(C5COC5)CC4)cc3)n2)ccc1O[C@H]1CCN(C(=O)N2CC[C@@H](O)C2)C[C@@H]1F. The quantitative estimate of drug-likeness (QED) is 0.392. The van der Waals surface area contributed by atoms with Gasteiger partial charge in [-0.05, 0) is 48.9 Å². The van der Waals surface area contributed by atoms with Crippen LogP contribution in [0.3, 0.4) is 0 Å². The van der Waals surface area contributed by atoms with Gasteiger partial charge in [0.2, 0.25) is 5.95 Å².